The van der Waals surface area contributed by atoms with Crippen LogP contribution in [0, 0.1) is 0 Å². The van der Waals surface area contributed by atoms with Crippen LogP contribution in [0.2, 0.25) is 0 Å². The first-order chi connectivity index (χ1) is 7.92. The number of likely N-dealkylation sites (N-methyl/N-ethyl adjacent to an activating group) is 1. The van der Waals surface area contributed by atoms with Gasteiger partial charge in [0.15, 0.2) is 0 Å². The summed E-state index contributed by atoms with van der Waals surface area (Å²) in [6, 6.07) is 0.587. The lowest BCUT2D eigenvalue weighted by atomic mass is 9.91. The molecule has 0 bridgehead atoms. The van der Waals surface area contributed by atoms with Crippen molar-refractivity contribution in [2.24, 2.45) is 0 Å². The molecule has 1 heterocycles. The summed E-state index contributed by atoms with van der Waals surface area (Å²) in [5.41, 5.74) is 1.16. The summed E-state index contributed by atoms with van der Waals surface area (Å²) in [7, 11) is 0. The Hall–Kier alpha value is -0.960. The van der Waals surface area contributed by atoms with Crippen molar-refractivity contribution in [3.05, 3.63) is 24.3 Å². The standard InChI is InChI=1S/C13H21N3/c1-2-15-12-7-5-3-4-6-11(12)13-10-14-8-9-16-13/h8-12,15H,2-7H2,1H3. The molecule has 1 aliphatic rings. The number of hydrogen-bond donors (Lipinski definition) is 1. The van der Waals surface area contributed by atoms with Crippen LogP contribution in [0.15, 0.2) is 18.6 Å². The molecule has 16 heavy (non-hydrogen) atoms. The molecular formula is C13H21N3. The van der Waals surface area contributed by atoms with Gasteiger partial charge in [0.2, 0.25) is 0 Å². The molecular weight excluding hydrogens is 198 g/mol. The summed E-state index contributed by atoms with van der Waals surface area (Å²) >= 11 is 0. The van der Waals surface area contributed by atoms with Gasteiger partial charge in [-0.2, -0.15) is 0 Å². The molecule has 1 fully saturated rings. The lowest BCUT2D eigenvalue weighted by molar-refractivity contribution is 0.412. The Kier molecular flexibility index (Phi) is 4.28. The van der Waals surface area contributed by atoms with Gasteiger partial charge in [0.1, 0.15) is 0 Å². The molecule has 0 spiro atoms. The van der Waals surface area contributed by atoms with E-state index >= 15 is 0 Å². The Morgan fingerprint density at radius 1 is 1.25 bits per heavy atom. The molecule has 88 valence electrons. The van der Waals surface area contributed by atoms with E-state index in [2.05, 4.69) is 22.2 Å². The molecule has 0 amide bonds. The number of hydrogen-bond acceptors (Lipinski definition) is 3. The summed E-state index contributed by atoms with van der Waals surface area (Å²) in [5, 5.41) is 3.61. The summed E-state index contributed by atoms with van der Waals surface area (Å²) in [4.78, 5) is 8.67. The third-order valence-electron chi connectivity index (χ3n) is 3.45. The molecule has 1 N–H and O–H groups in total. The van der Waals surface area contributed by atoms with E-state index in [4.69, 9.17) is 0 Å². The average Bonchev–Trinajstić information content (AvgIpc) is 2.56. The Labute approximate surface area is 97.7 Å². The number of aromatic nitrogens is 2. The van der Waals surface area contributed by atoms with Crippen LogP contribution < -0.4 is 5.32 Å². The van der Waals surface area contributed by atoms with Crippen LogP contribution in [0.3, 0.4) is 0 Å². The highest BCUT2D eigenvalue weighted by Gasteiger charge is 2.25. The maximum Gasteiger partial charge on any atom is 0.0633 e. The summed E-state index contributed by atoms with van der Waals surface area (Å²) in [6.45, 7) is 3.22. The highest BCUT2D eigenvalue weighted by molar-refractivity contribution is 5.08. The van der Waals surface area contributed by atoms with E-state index in [0.717, 1.165) is 12.2 Å². The quantitative estimate of drug-likeness (QED) is 0.794. The second kappa shape index (κ2) is 5.94. The van der Waals surface area contributed by atoms with Gasteiger partial charge in [0, 0.05) is 30.6 Å². The van der Waals surface area contributed by atoms with E-state index < -0.39 is 0 Å². The van der Waals surface area contributed by atoms with E-state index in [0.29, 0.717) is 12.0 Å². The van der Waals surface area contributed by atoms with Crippen molar-refractivity contribution in [2.75, 3.05) is 6.54 Å². The Bertz CT molecular complexity index is 299. The summed E-state index contributed by atoms with van der Waals surface area (Å²) in [6.07, 6.45) is 12.0. The van der Waals surface area contributed by atoms with Crippen LogP contribution in [0.1, 0.15) is 50.6 Å². The molecule has 2 rings (SSSR count). The van der Waals surface area contributed by atoms with E-state index in [9.17, 15) is 0 Å². The maximum absolute atomic E-state index is 4.47. The topological polar surface area (TPSA) is 37.8 Å². The molecule has 2 atom stereocenters. The zero-order valence-electron chi connectivity index (χ0n) is 10.0. The maximum atomic E-state index is 4.47. The largest absolute Gasteiger partial charge is 0.314 e. The smallest absolute Gasteiger partial charge is 0.0633 e. The number of nitrogens with one attached hydrogen (secondary N) is 1. The Morgan fingerprint density at radius 3 is 2.88 bits per heavy atom. The second-order valence-electron chi connectivity index (χ2n) is 4.54. The fourth-order valence-electron chi connectivity index (χ4n) is 2.67. The molecule has 1 aromatic rings. The Balaban J connectivity index is 2.14. The van der Waals surface area contributed by atoms with Gasteiger partial charge in [-0.05, 0) is 19.4 Å². The highest BCUT2D eigenvalue weighted by Crippen LogP contribution is 2.30. The van der Waals surface area contributed by atoms with Crippen molar-refractivity contribution in [1.29, 1.82) is 0 Å². The van der Waals surface area contributed by atoms with Crippen LogP contribution in [-0.4, -0.2) is 22.6 Å². The normalized spacial score (nSPS) is 26.3. The van der Waals surface area contributed by atoms with Crippen LogP contribution in [-0.2, 0) is 0 Å². The monoisotopic (exact) mass is 219 g/mol. The van der Waals surface area contributed by atoms with Gasteiger partial charge in [-0.25, -0.2) is 0 Å². The predicted octanol–water partition coefficient (Wildman–Crippen LogP) is 2.50. The van der Waals surface area contributed by atoms with Crippen molar-refractivity contribution in [1.82, 2.24) is 15.3 Å². The van der Waals surface area contributed by atoms with E-state index in [1.807, 2.05) is 12.4 Å². The van der Waals surface area contributed by atoms with Crippen LogP contribution in [0.4, 0.5) is 0 Å². The molecule has 1 aromatic heterocycles. The zero-order chi connectivity index (χ0) is 11.2. The summed E-state index contributed by atoms with van der Waals surface area (Å²) in [5.74, 6) is 0.552. The highest BCUT2D eigenvalue weighted by atomic mass is 14.9. The van der Waals surface area contributed by atoms with Crippen LogP contribution >= 0.6 is 0 Å². The number of rotatable bonds is 3. The lowest BCUT2D eigenvalue weighted by Crippen LogP contribution is -2.34. The minimum Gasteiger partial charge on any atom is -0.314 e. The minimum absolute atomic E-state index is 0.552. The molecule has 1 aliphatic carbocycles. The lowest BCUT2D eigenvalue weighted by Gasteiger charge is -2.25. The van der Waals surface area contributed by atoms with E-state index in [1.165, 1.54) is 32.1 Å². The third-order valence-corrected chi connectivity index (χ3v) is 3.45. The SMILES string of the molecule is CCNC1CCCCCC1c1cnccn1. The molecule has 0 saturated heterocycles. The van der Waals surface area contributed by atoms with Gasteiger partial charge in [-0.1, -0.05) is 26.2 Å². The van der Waals surface area contributed by atoms with Gasteiger partial charge in [0.05, 0.1) is 5.69 Å². The molecule has 3 nitrogen and oxygen atoms in total. The molecule has 3 heteroatoms. The van der Waals surface area contributed by atoms with Gasteiger partial charge in [-0.15, -0.1) is 0 Å². The zero-order valence-corrected chi connectivity index (χ0v) is 10.0. The van der Waals surface area contributed by atoms with Gasteiger partial charge in [-0.3, -0.25) is 9.97 Å². The van der Waals surface area contributed by atoms with Crippen molar-refractivity contribution >= 4 is 0 Å². The molecule has 1 saturated carbocycles. The van der Waals surface area contributed by atoms with Gasteiger partial charge in [0.25, 0.3) is 0 Å². The van der Waals surface area contributed by atoms with Crippen LogP contribution in [0.5, 0.6) is 0 Å². The van der Waals surface area contributed by atoms with Crippen molar-refractivity contribution in [3.63, 3.8) is 0 Å². The summed E-state index contributed by atoms with van der Waals surface area (Å²) < 4.78 is 0. The number of nitrogens with zero attached hydrogens (tertiary/aromatic N) is 2. The molecule has 0 aromatic carbocycles. The van der Waals surface area contributed by atoms with Crippen molar-refractivity contribution in [2.45, 2.75) is 51.0 Å². The molecule has 0 aliphatic heterocycles. The predicted molar refractivity (Wildman–Crippen MR) is 65.3 cm³/mol. The van der Waals surface area contributed by atoms with Crippen LogP contribution in [0.25, 0.3) is 0 Å². The third kappa shape index (κ3) is 2.79. The second-order valence-corrected chi connectivity index (χ2v) is 4.54. The van der Waals surface area contributed by atoms with E-state index in [-0.39, 0.29) is 0 Å². The van der Waals surface area contributed by atoms with Gasteiger partial charge >= 0.3 is 0 Å². The molecule has 2 unspecified atom stereocenters. The first-order valence-electron chi connectivity index (χ1n) is 6.41. The fraction of sp³-hybridized carbons (Fsp3) is 0.692. The first-order valence-corrected chi connectivity index (χ1v) is 6.41. The Morgan fingerprint density at radius 2 is 2.12 bits per heavy atom. The fourth-order valence-corrected chi connectivity index (χ4v) is 2.67. The average molecular weight is 219 g/mol. The first kappa shape index (κ1) is 11.5. The minimum atomic E-state index is 0.552. The van der Waals surface area contributed by atoms with Gasteiger partial charge < -0.3 is 5.32 Å². The molecule has 0 radical (unpaired) electrons. The van der Waals surface area contributed by atoms with E-state index in [1.54, 1.807) is 6.20 Å². The van der Waals surface area contributed by atoms with Crippen molar-refractivity contribution < 1.29 is 0 Å². The van der Waals surface area contributed by atoms with Crippen molar-refractivity contribution in [3.8, 4) is 0 Å².